The molecule has 3 rings (SSSR count). The van der Waals surface area contributed by atoms with Gasteiger partial charge in [0.25, 0.3) is 5.91 Å². The summed E-state index contributed by atoms with van der Waals surface area (Å²) in [4.78, 5) is 35.2. The molecule has 8 heteroatoms. The lowest BCUT2D eigenvalue weighted by atomic mass is 10.1. The normalized spacial score (nSPS) is 13.5. The van der Waals surface area contributed by atoms with E-state index in [0.717, 1.165) is 11.8 Å². The van der Waals surface area contributed by atoms with Crippen LogP contribution in [0.15, 0.2) is 35.4 Å². The maximum absolute atomic E-state index is 12.1. The zero-order valence-electron chi connectivity index (χ0n) is 11.5. The molecule has 1 aromatic carbocycles. The number of nitrogens with one attached hydrogen (secondary N) is 1. The molecule has 1 aromatic heterocycles. The Bertz CT molecular complexity index is 770. The first-order chi connectivity index (χ1) is 10.6. The lowest BCUT2D eigenvalue weighted by Gasteiger charge is -2.10. The number of nitrogens with zero attached hydrogens (tertiary/aromatic N) is 2. The second kappa shape index (κ2) is 5.64. The van der Waals surface area contributed by atoms with E-state index in [2.05, 4.69) is 15.2 Å². The van der Waals surface area contributed by atoms with Gasteiger partial charge in [-0.1, -0.05) is 18.2 Å². The number of amides is 2. The van der Waals surface area contributed by atoms with E-state index in [1.54, 1.807) is 12.1 Å². The van der Waals surface area contributed by atoms with Crippen molar-refractivity contribution in [1.82, 2.24) is 15.1 Å². The third-order valence-electron chi connectivity index (χ3n) is 3.07. The van der Waals surface area contributed by atoms with Crippen molar-refractivity contribution in [2.45, 2.75) is 11.4 Å². The molecule has 0 spiro atoms. The predicted octanol–water partition coefficient (Wildman–Crippen LogP) is 1.54. The van der Waals surface area contributed by atoms with Crippen molar-refractivity contribution in [3.05, 3.63) is 41.6 Å². The number of imide groups is 1. The molecule has 0 radical (unpaired) electrons. The molecule has 1 aliphatic heterocycles. The van der Waals surface area contributed by atoms with Crippen molar-refractivity contribution in [1.29, 1.82) is 0 Å². The quantitative estimate of drug-likeness (QED) is 0.513. The second-order valence-electron chi connectivity index (χ2n) is 4.48. The number of carbonyl (C=O) groups excluding carboxylic acids is 3. The highest BCUT2D eigenvalue weighted by Crippen LogP contribution is 2.31. The molecule has 0 fully saturated rings. The smallest absolute Gasteiger partial charge is 0.373 e. The van der Waals surface area contributed by atoms with Gasteiger partial charge in [0.2, 0.25) is 5.91 Å². The molecule has 0 saturated heterocycles. The van der Waals surface area contributed by atoms with Crippen LogP contribution in [0.2, 0.25) is 0 Å². The minimum Gasteiger partial charge on any atom is -0.461 e. The molecule has 7 nitrogen and oxygen atoms in total. The number of rotatable bonds is 2. The molecule has 0 unspecified atom stereocenters. The van der Waals surface area contributed by atoms with Gasteiger partial charge in [-0.2, -0.15) is 5.10 Å². The van der Waals surface area contributed by atoms with Crippen LogP contribution in [0.1, 0.15) is 16.1 Å². The molecule has 0 aliphatic carbocycles. The number of fused-ring (bicyclic) bond motifs is 1. The van der Waals surface area contributed by atoms with Gasteiger partial charge in [0.05, 0.1) is 30.5 Å². The van der Waals surface area contributed by atoms with Crippen molar-refractivity contribution in [2.75, 3.05) is 7.11 Å². The minimum atomic E-state index is -0.565. The number of para-hydroxylation sites is 1. The van der Waals surface area contributed by atoms with Crippen molar-refractivity contribution in [3.8, 4) is 5.69 Å². The summed E-state index contributed by atoms with van der Waals surface area (Å²) in [5.74, 6) is -0.968. The second-order valence-corrected chi connectivity index (χ2v) is 5.41. The number of benzene rings is 1. The van der Waals surface area contributed by atoms with E-state index in [-0.39, 0.29) is 12.0 Å². The van der Waals surface area contributed by atoms with E-state index >= 15 is 0 Å². The summed E-state index contributed by atoms with van der Waals surface area (Å²) in [6.45, 7) is 0. The van der Waals surface area contributed by atoms with Crippen LogP contribution in [-0.4, -0.2) is 34.0 Å². The average molecular weight is 317 g/mol. The zero-order valence-corrected chi connectivity index (χ0v) is 12.3. The maximum atomic E-state index is 12.1. The standard InChI is InChI=1S/C14H11N3O4S/c1-21-14(20)22-13-11-9(7-10(18)15-12(11)19)16-17(13)8-5-3-2-4-6-8/h2-6H,7H2,1H3,(H,15,18,19). The number of thioether (sulfide) groups is 1. The fourth-order valence-electron chi connectivity index (χ4n) is 2.14. The number of hydrogen-bond acceptors (Lipinski definition) is 6. The lowest BCUT2D eigenvalue weighted by Crippen LogP contribution is -2.37. The molecular formula is C14H11N3O4S. The molecule has 2 aromatic rings. The molecule has 0 bridgehead atoms. The van der Waals surface area contributed by atoms with E-state index in [4.69, 9.17) is 0 Å². The molecule has 22 heavy (non-hydrogen) atoms. The van der Waals surface area contributed by atoms with Gasteiger partial charge >= 0.3 is 5.30 Å². The summed E-state index contributed by atoms with van der Waals surface area (Å²) in [5, 5.41) is 6.32. The predicted molar refractivity (Wildman–Crippen MR) is 78.0 cm³/mol. The first-order valence-corrected chi connectivity index (χ1v) is 7.19. The highest BCUT2D eigenvalue weighted by atomic mass is 32.2. The summed E-state index contributed by atoms with van der Waals surface area (Å²) >= 11 is 0.759. The summed E-state index contributed by atoms with van der Waals surface area (Å²) in [6.07, 6.45) is -0.00433. The van der Waals surface area contributed by atoms with Gasteiger partial charge in [-0.15, -0.1) is 0 Å². The van der Waals surface area contributed by atoms with Crippen molar-refractivity contribution >= 4 is 28.9 Å². The number of methoxy groups -OCH3 is 1. The molecule has 1 N–H and O–H groups in total. The average Bonchev–Trinajstić information content (AvgIpc) is 2.86. The Labute approximate surface area is 129 Å². The van der Waals surface area contributed by atoms with Crippen LogP contribution < -0.4 is 5.32 Å². The summed E-state index contributed by atoms with van der Waals surface area (Å²) in [7, 11) is 1.26. The molecule has 0 saturated carbocycles. The Morgan fingerprint density at radius 1 is 1.32 bits per heavy atom. The Balaban J connectivity index is 2.17. The molecule has 0 atom stereocenters. The van der Waals surface area contributed by atoms with Crippen LogP contribution in [0.5, 0.6) is 0 Å². The number of carbonyl (C=O) groups is 3. The van der Waals surface area contributed by atoms with Crippen LogP contribution in [0, 0.1) is 0 Å². The third kappa shape index (κ3) is 2.48. The number of hydrogen-bond donors (Lipinski definition) is 1. The van der Waals surface area contributed by atoms with E-state index in [0.29, 0.717) is 16.4 Å². The van der Waals surface area contributed by atoms with Crippen molar-refractivity contribution in [2.24, 2.45) is 0 Å². The Kier molecular flexibility index (Phi) is 3.68. The minimum absolute atomic E-state index is 0.00433. The van der Waals surface area contributed by atoms with Crippen LogP contribution in [0.3, 0.4) is 0 Å². The Hall–Kier alpha value is -2.61. The van der Waals surface area contributed by atoms with Gasteiger partial charge in [-0.25, -0.2) is 9.48 Å². The molecule has 2 heterocycles. The number of aromatic nitrogens is 2. The highest BCUT2D eigenvalue weighted by Gasteiger charge is 2.32. The van der Waals surface area contributed by atoms with Gasteiger partial charge < -0.3 is 4.74 Å². The van der Waals surface area contributed by atoms with E-state index in [1.807, 2.05) is 18.2 Å². The topological polar surface area (TPSA) is 90.3 Å². The van der Waals surface area contributed by atoms with Crippen molar-refractivity contribution < 1.29 is 19.1 Å². The Morgan fingerprint density at radius 2 is 2.05 bits per heavy atom. The largest absolute Gasteiger partial charge is 0.461 e. The summed E-state index contributed by atoms with van der Waals surface area (Å²) in [6, 6.07) is 9.05. The van der Waals surface area contributed by atoms with Gasteiger partial charge in [0.1, 0.15) is 5.03 Å². The van der Waals surface area contributed by atoms with E-state index < -0.39 is 17.1 Å². The van der Waals surface area contributed by atoms with Gasteiger partial charge in [0, 0.05) is 11.8 Å². The summed E-state index contributed by atoms with van der Waals surface area (Å²) < 4.78 is 6.12. The molecular weight excluding hydrogens is 306 g/mol. The highest BCUT2D eigenvalue weighted by molar-refractivity contribution is 8.13. The van der Waals surface area contributed by atoms with Crippen LogP contribution >= 0.6 is 11.8 Å². The molecule has 112 valence electrons. The zero-order chi connectivity index (χ0) is 15.7. The van der Waals surface area contributed by atoms with Crippen LogP contribution in [0.25, 0.3) is 5.69 Å². The third-order valence-corrected chi connectivity index (χ3v) is 3.97. The Morgan fingerprint density at radius 3 is 2.73 bits per heavy atom. The van der Waals surface area contributed by atoms with Gasteiger partial charge in [-0.05, 0) is 12.1 Å². The van der Waals surface area contributed by atoms with Gasteiger partial charge in [-0.3, -0.25) is 14.9 Å². The van der Waals surface area contributed by atoms with Crippen LogP contribution in [-0.2, 0) is 16.0 Å². The fraction of sp³-hybridized carbons (Fsp3) is 0.143. The first-order valence-electron chi connectivity index (χ1n) is 6.37. The fourth-order valence-corrected chi connectivity index (χ4v) is 2.93. The van der Waals surface area contributed by atoms with E-state index in [1.165, 1.54) is 11.8 Å². The van der Waals surface area contributed by atoms with Gasteiger partial charge in [0.15, 0.2) is 0 Å². The first kappa shape index (κ1) is 14.3. The summed E-state index contributed by atoms with van der Waals surface area (Å²) in [5.41, 5.74) is 1.27. The SMILES string of the molecule is COC(=O)Sc1c2c(nn1-c1ccccc1)CC(=O)NC2=O. The van der Waals surface area contributed by atoms with Crippen molar-refractivity contribution in [3.63, 3.8) is 0 Å². The molecule has 2 amide bonds. The molecule has 1 aliphatic rings. The lowest BCUT2D eigenvalue weighted by molar-refractivity contribution is -0.119. The van der Waals surface area contributed by atoms with Crippen LogP contribution in [0.4, 0.5) is 4.79 Å². The number of ether oxygens (including phenoxy) is 1. The maximum Gasteiger partial charge on any atom is 0.373 e. The monoisotopic (exact) mass is 317 g/mol. The van der Waals surface area contributed by atoms with E-state index in [9.17, 15) is 14.4 Å².